The molecule has 0 saturated carbocycles. The summed E-state index contributed by atoms with van der Waals surface area (Å²) in [5.41, 5.74) is 4.65. The van der Waals surface area contributed by atoms with E-state index < -0.39 is 5.60 Å². The molecule has 4 aromatic rings. The van der Waals surface area contributed by atoms with Crippen LogP contribution in [0.5, 0.6) is 11.5 Å². The SMILES string of the molecule is COc1ccc2[nH]c3c4c(c(/C=C/C(=O)NCCC5CCN(Cc6ccccc6Cl)CC5)cc3c2c1)OC(C)(C)C=C4. The highest BCUT2D eigenvalue weighted by Crippen LogP contribution is 2.42. The van der Waals surface area contributed by atoms with Crippen molar-refractivity contribution >= 4 is 51.5 Å². The third kappa shape index (κ3) is 6.06. The molecule has 2 aliphatic rings. The van der Waals surface area contributed by atoms with Gasteiger partial charge in [0.2, 0.25) is 5.91 Å². The number of aromatic nitrogens is 1. The average Bonchev–Trinajstić information content (AvgIpc) is 3.35. The molecule has 218 valence electrons. The summed E-state index contributed by atoms with van der Waals surface area (Å²) in [5.74, 6) is 2.11. The van der Waals surface area contributed by atoms with Crippen molar-refractivity contribution < 1.29 is 14.3 Å². The Morgan fingerprint density at radius 2 is 1.98 bits per heavy atom. The maximum absolute atomic E-state index is 12.9. The highest BCUT2D eigenvalue weighted by atomic mass is 35.5. The number of nitrogens with one attached hydrogen (secondary N) is 2. The summed E-state index contributed by atoms with van der Waals surface area (Å²) in [6.45, 7) is 7.75. The zero-order valence-corrected chi connectivity index (χ0v) is 25.3. The first-order valence-electron chi connectivity index (χ1n) is 14.8. The number of halogens is 1. The first-order valence-corrected chi connectivity index (χ1v) is 15.1. The molecule has 1 fully saturated rings. The number of aromatic amines is 1. The molecule has 0 bridgehead atoms. The topological polar surface area (TPSA) is 66.6 Å². The third-order valence-electron chi connectivity index (χ3n) is 8.46. The summed E-state index contributed by atoms with van der Waals surface area (Å²) in [6, 6.07) is 16.2. The molecule has 0 radical (unpaired) electrons. The third-order valence-corrected chi connectivity index (χ3v) is 8.83. The van der Waals surface area contributed by atoms with Gasteiger partial charge < -0.3 is 19.8 Å². The highest BCUT2D eigenvalue weighted by molar-refractivity contribution is 6.31. The summed E-state index contributed by atoms with van der Waals surface area (Å²) in [6.07, 6.45) is 10.9. The standard InChI is InChI=1S/C35H38ClN3O3/c1-35(2)16-12-27-33-29(28-21-26(41-3)9-10-31(28)38-33)20-24(34(27)42-35)8-11-32(40)37-17-13-23-14-18-39(19-15-23)22-25-6-4-5-7-30(25)36/h4-12,16,20-21,23,38H,13-15,17-19,22H2,1-3H3,(H,37,40)/b11-8+. The van der Waals surface area contributed by atoms with Gasteiger partial charge in [0.15, 0.2) is 0 Å². The van der Waals surface area contributed by atoms with Crippen LogP contribution >= 0.6 is 11.6 Å². The Balaban J connectivity index is 1.10. The lowest BCUT2D eigenvalue weighted by atomic mass is 9.93. The molecule has 2 aliphatic heterocycles. The number of methoxy groups -OCH3 is 1. The van der Waals surface area contributed by atoms with Crippen LogP contribution in [0.4, 0.5) is 0 Å². The van der Waals surface area contributed by atoms with Crippen molar-refractivity contribution in [3.05, 3.63) is 82.4 Å². The number of benzene rings is 3. The molecule has 7 heteroatoms. The quantitative estimate of drug-likeness (QED) is 0.210. The van der Waals surface area contributed by atoms with Gasteiger partial charge in [-0.05, 0) is 106 Å². The number of ether oxygens (including phenoxy) is 2. The molecule has 3 aromatic carbocycles. The van der Waals surface area contributed by atoms with Crippen LogP contribution in [0, 0.1) is 5.92 Å². The van der Waals surface area contributed by atoms with E-state index in [1.807, 2.05) is 56.3 Å². The van der Waals surface area contributed by atoms with E-state index >= 15 is 0 Å². The molecule has 6 rings (SSSR count). The first-order chi connectivity index (χ1) is 20.3. The number of hydrogen-bond donors (Lipinski definition) is 2. The van der Waals surface area contributed by atoms with Gasteiger partial charge in [0.1, 0.15) is 17.1 Å². The van der Waals surface area contributed by atoms with E-state index in [0.717, 1.165) is 88.4 Å². The van der Waals surface area contributed by atoms with Crippen molar-refractivity contribution in [3.8, 4) is 11.5 Å². The van der Waals surface area contributed by atoms with Gasteiger partial charge in [-0.25, -0.2) is 0 Å². The second kappa shape index (κ2) is 11.9. The second-order valence-corrected chi connectivity index (χ2v) is 12.3. The van der Waals surface area contributed by atoms with Gasteiger partial charge in [-0.15, -0.1) is 0 Å². The maximum Gasteiger partial charge on any atom is 0.244 e. The minimum atomic E-state index is -0.441. The molecule has 1 aromatic heterocycles. The van der Waals surface area contributed by atoms with E-state index in [1.54, 1.807) is 13.2 Å². The van der Waals surface area contributed by atoms with Crippen LogP contribution in [-0.4, -0.2) is 48.1 Å². The monoisotopic (exact) mass is 583 g/mol. The van der Waals surface area contributed by atoms with Crippen molar-refractivity contribution in [2.45, 2.75) is 45.3 Å². The number of H-pyrrole nitrogens is 1. The molecular weight excluding hydrogens is 546 g/mol. The summed E-state index contributed by atoms with van der Waals surface area (Å²) in [4.78, 5) is 18.9. The Bertz CT molecular complexity index is 1680. The van der Waals surface area contributed by atoms with Crippen LogP contribution in [0.1, 0.15) is 49.8 Å². The van der Waals surface area contributed by atoms with Gasteiger partial charge in [-0.3, -0.25) is 9.69 Å². The van der Waals surface area contributed by atoms with Crippen LogP contribution in [0.3, 0.4) is 0 Å². The molecule has 1 amide bonds. The van der Waals surface area contributed by atoms with Gasteiger partial charge >= 0.3 is 0 Å². The molecule has 3 heterocycles. The Kier molecular flexibility index (Phi) is 8.02. The smallest absolute Gasteiger partial charge is 0.244 e. The van der Waals surface area contributed by atoms with E-state index in [0.29, 0.717) is 12.5 Å². The van der Waals surface area contributed by atoms with E-state index in [2.05, 4.69) is 39.5 Å². The fourth-order valence-corrected chi connectivity index (χ4v) is 6.27. The van der Waals surface area contributed by atoms with Crippen LogP contribution in [-0.2, 0) is 11.3 Å². The van der Waals surface area contributed by atoms with Crippen LogP contribution in [0.2, 0.25) is 5.02 Å². The van der Waals surface area contributed by atoms with Gasteiger partial charge in [0.25, 0.3) is 0 Å². The van der Waals surface area contributed by atoms with Crippen molar-refractivity contribution in [3.63, 3.8) is 0 Å². The number of carbonyl (C=O) groups excluding carboxylic acids is 1. The van der Waals surface area contributed by atoms with Crippen LogP contribution < -0.4 is 14.8 Å². The number of nitrogens with zero attached hydrogens (tertiary/aromatic N) is 1. The van der Waals surface area contributed by atoms with Crippen LogP contribution in [0.25, 0.3) is 34.0 Å². The van der Waals surface area contributed by atoms with Crippen LogP contribution in [0.15, 0.2) is 60.7 Å². The predicted octanol–water partition coefficient (Wildman–Crippen LogP) is 7.60. The zero-order chi connectivity index (χ0) is 29.3. The van der Waals surface area contributed by atoms with Crippen molar-refractivity contribution in [2.75, 3.05) is 26.7 Å². The molecule has 0 atom stereocenters. The molecule has 0 unspecified atom stereocenters. The van der Waals surface area contributed by atoms with E-state index in [9.17, 15) is 4.79 Å². The van der Waals surface area contributed by atoms with Crippen molar-refractivity contribution in [1.82, 2.24) is 15.2 Å². The molecule has 0 aliphatic carbocycles. The average molecular weight is 584 g/mol. The number of rotatable bonds is 8. The second-order valence-electron chi connectivity index (χ2n) is 11.9. The number of fused-ring (bicyclic) bond motifs is 5. The van der Waals surface area contributed by atoms with Gasteiger partial charge in [0, 0.05) is 51.6 Å². The van der Waals surface area contributed by atoms with E-state index in [1.165, 1.54) is 5.56 Å². The molecule has 0 spiro atoms. The Hall–Kier alpha value is -3.74. The highest BCUT2D eigenvalue weighted by Gasteiger charge is 2.26. The Labute approximate surface area is 252 Å². The minimum absolute atomic E-state index is 0.0915. The first kappa shape index (κ1) is 28.4. The predicted molar refractivity (Wildman–Crippen MR) is 172 cm³/mol. The summed E-state index contributed by atoms with van der Waals surface area (Å²) >= 11 is 6.35. The van der Waals surface area contributed by atoms with Gasteiger partial charge in [0.05, 0.1) is 12.6 Å². The van der Waals surface area contributed by atoms with Crippen molar-refractivity contribution in [1.29, 1.82) is 0 Å². The minimum Gasteiger partial charge on any atom is -0.497 e. The fourth-order valence-electron chi connectivity index (χ4n) is 6.07. The maximum atomic E-state index is 12.9. The van der Waals surface area contributed by atoms with E-state index in [4.69, 9.17) is 21.1 Å². The number of amides is 1. The number of piperidine rings is 1. The zero-order valence-electron chi connectivity index (χ0n) is 24.5. The summed E-state index contributed by atoms with van der Waals surface area (Å²) in [5, 5.41) is 6.07. The Morgan fingerprint density at radius 1 is 1.17 bits per heavy atom. The van der Waals surface area contributed by atoms with Gasteiger partial charge in [-0.1, -0.05) is 29.8 Å². The molecular formula is C35H38ClN3O3. The number of carbonyl (C=O) groups is 1. The lowest BCUT2D eigenvalue weighted by molar-refractivity contribution is -0.116. The normalized spacial score (nSPS) is 17.0. The van der Waals surface area contributed by atoms with Crippen molar-refractivity contribution in [2.24, 2.45) is 5.92 Å². The molecule has 1 saturated heterocycles. The van der Waals surface area contributed by atoms with Gasteiger partial charge in [-0.2, -0.15) is 0 Å². The molecule has 2 N–H and O–H groups in total. The molecule has 42 heavy (non-hydrogen) atoms. The number of likely N-dealkylation sites (tertiary alicyclic amines) is 1. The fraction of sp³-hybridized carbons (Fsp3) is 0.343. The lowest BCUT2D eigenvalue weighted by Gasteiger charge is -2.32. The molecule has 6 nitrogen and oxygen atoms in total. The number of hydrogen-bond acceptors (Lipinski definition) is 4. The Morgan fingerprint density at radius 3 is 2.76 bits per heavy atom. The summed E-state index contributed by atoms with van der Waals surface area (Å²) < 4.78 is 11.9. The largest absolute Gasteiger partial charge is 0.497 e. The lowest BCUT2D eigenvalue weighted by Crippen LogP contribution is -2.34. The summed E-state index contributed by atoms with van der Waals surface area (Å²) in [7, 11) is 1.68. The van der Waals surface area contributed by atoms with E-state index in [-0.39, 0.29) is 5.91 Å².